The molecule has 0 fully saturated rings. The van der Waals surface area contributed by atoms with Gasteiger partial charge in [0.2, 0.25) is 5.91 Å². The fourth-order valence-corrected chi connectivity index (χ4v) is 12.0. The Morgan fingerprint density at radius 1 is 0.329 bits per heavy atom. The molecule has 6 nitrogen and oxygen atoms in total. The summed E-state index contributed by atoms with van der Waals surface area (Å²) in [5, 5.41) is 23.2. The molecule has 2 unspecified atom stereocenters. The van der Waals surface area contributed by atoms with Gasteiger partial charge < -0.3 is 20.3 Å². The molecule has 0 saturated heterocycles. The van der Waals surface area contributed by atoms with Crippen LogP contribution in [0, 0.1) is 0 Å². The van der Waals surface area contributed by atoms with Gasteiger partial charge in [0.05, 0.1) is 25.4 Å². The Balaban J connectivity index is 3.38. The molecule has 2 atom stereocenters. The number of carbonyl (C=O) groups is 2. The molecule has 0 saturated carbocycles. The molecule has 0 bridgehead atoms. The Morgan fingerprint density at radius 2 is 0.573 bits per heavy atom. The van der Waals surface area contributed by atoms with Gasteiger partial charge in [-0.1, -0.05) is 378 Å². The lowest BCUT2D eigenvalue weighted by molar-refractivity contribution is -0.143. The molecule has 0 spiro atoms. The summed E-state index contributed by atoms with van der Waals surface area (Å²) in [5.41, 5.74) is 0. The number of amides is 1. The highest BCUT2D eigenvalue weighted by molar-refractivity contribution is 5.76. The van der Waals surface area contributed by atoms with Crippen LogP contribution in [0.3, 0.4) is 0 Å². The van der Waals surface area contributed by atoms with Crippen molar-refractivity contribution in [3.63, 3.8) is 0 Å². The summed E-state index contributed by atoms with van der Waals surface area (Å²) in [5.74, 6) is -0.0421. The standard InChI is InChI=1S/C76H147NO5/c1-3-5-7-9-11-13-15-17-19-21-33-37-40-44-48-52-56-60-64-68-74(79)73(72-78)77-75(80)69-65-61-57-53-49-45-41-38-34-31-29-27-25-23-22-24-26-28-30-32-35-39-43-47-51-55-59-63-67-71-82-76(81)70-66-62-58-54-50-46-42-36-20-18-16-14-12-10-8-6-4-2/h22,24,64,68,73-74,78-79H,3-21,23,25-63,65-67,69-72H2,1-2H3,(H,77,80)/b24-22-,68-64+. The molecule has 0 aliphatic rings. The molecular weight excluding hydrogens is 1010 g/mol. The van der Waals surface area contributed by atoms with E-state index in [1.165, 1.54) is 360 Å². The van der Waals surface area contributed by atoms with E-state index in [9.17, 15) is 19.8 Å². The molecule has 0 aromatic rings. The number of hydrogen-bond donors (Lipinski definition) is 3. The number of allylic oxidation sites excluding steroid dienone is 3. The summed E-state index contributed by atoms with van der Waals surface area (Å²) >= 11 is 0. The molecule has 0 radical (unpaired) electrons. The summed E-state index contributed by atoms with van der Waals surface area (Å²) in [4.78, 5) is 24.6. The summed E-state index contributed by atoms with van der Waals surface area (Å²) in [7, 11) is 0. The molecule has 6 heteroatoms. The van der Waals surface area contributed by atoms with Crippen molar-refractivity contribution in [3.8, 4) is 0 Å². The van der Waals surface area contributed by atoms with Crippen molar-refractivity contribution in [3.05, 3.63) is 24.3 Å². The van der Waals surface area contributed by atoms with Crippen LogP contribution in [0.25, 0.3) is 0 Å². The zero-order valence-corrected chi connectivity index (χ0v) is 55.8. The number of aliphatic hydroxyl groups excluding tert-OH is 2. The van der Waals surface area contributed by atoms with Crippen LogP contribution in [-0.2, 0) is 14.3 Å². The minimum absolute atomic E-state index is 0.0210. The predicted molar refractivity (Wildman–Crippen MR) is 361 cm³/mol. The smallest absolute Gasteiger partial charge is 0.305 e. The van der Waals surface area contributed by atoms with Gasteiger partial charge in [0.15, 0.2) is 0 Å². The second kappa shape index (κ2) is 71.8. The quantitative estimate of drug-likeness (QED) is 0.0320. The minimum atomic E-state index is -0.844. The van der Waals surface area contributed by atoms with Gasteiger partial charge in [0.25, 0.3) is 0 Å². The van der Waals surface area contributed by atoms with Crippen LogP contribution in [0.5, 0.6) is 0 Å². The summed E-state index contributed by atoms with van der Waals surface area (Å²) in [6, 6.07) is -0.628. The first-order valence-corrected chi connectivity index (χ1v) is 37.6. The lowest BCUT2D eigenvalue weighted by Gasteiger charge is -2.20. The first-order valence-electron chi connectivity index (χ1n) is 37.6. The third-order valence-electron chi connectivity index (χ3n) is 17.7. The lowest BCUT2D eigenvalue weighted by Crippen LogP contribution is -2.45. The number of aliphatic hydroxyl groups is 2. The van der Waals surface area contributed by atoms with Crippen LogP contribution < -0.4 is 5.32 Å². The van der Waals surface area contributed by atoms with Gasteiger partial charge >= 0.3 is 5.97 Å². The van der Waals surface area contributed by atoms with Crippen molar-refractivity contribution in [2.24, 2.45) is 0 Å². The summed E-state index contributed by atoms with van der Waals surface area (Å²) in [6.45, 7) is 4.95. The van der Waals surface area contributed by atoms with Gasteiger partial charge in [0, 0.05) is 12.8 Å². The van der Waals surface area contributed by atoms with E-state index in [1.807, 2.05) is 6.08 Å². The predicted octanol–water partition coefficient (Wildman–Crippen LogP) is 24.5. The SMILES string of the molecule is CCCCCCCCCCCCCCCCCCC/C=C/C(O)C(CO)NC(=O)CCCCCCCCCCCCCCC/C=C\CCCCCCCCCCCCCCOC(=O)CCCCCCCCCCCCCCCCCCC. The van der Waals surface area contributed by atoms with Crippen LogP contribution in [0.2, 0.25) is 0 Å². The molecule has 0 aromatic carbocycles. The molecular formula is C76H147NO5. The van der Waals surface area contributed by atoms with Gasteiger partial charge in [0.1, 0.15) is 0 Å². The highest BCUT2D eigenvalue weighted by Gasteiger charge is 2.18. The molecule has 0 heterocycles. The van der Waals surface area contributed by atoms with Gasteiger partial charge in [-0.25, -0.2) is 0 Å². The summed E-state index contributed by atoms with van der Waals surface area (Å²) in [6.07, 6.45) is 91.3. The minimum Gasteiger partial charge on any atom is -0.466 e. The number of rotatable bonds is 71. The fraction of sp³-hybridized carbons (Fsp3) is 0.921. The second-order valence-electron chi connectivity index (χ2n) is 26.0. The molecule has 0 aliphatic carbocycles. The second-order valence-corrected chi connectivity index (χ2v) is 26.0. The first kappa shape index (κ1) is 80.3. The highest BCUT2D eigenvalue weighted by atomic mass is 16.5. The topological polar surface area (TPSA) is 95.9 Å². The zero-order chi connectivity index (χ0) is 59.2. The van der Waals surface area contributed by atoms with E-state index < -0.39 is 12.1 Å². The molecule has 486 valence electrons. The molecule has 0 aliphatic heterocycles. The molecule has 0 rings (SSSR count). The van der Waals surface area contributed by atoms with Gasteiger partial charge in [-0.2, -0.15) is 0 Å². The number of hydrogen-bond acceptors (Lipinski definition) is 5. The Labute approximate surface area is 513 Å². The van der Waals surface area contributed by atoms with E-state index in [2.05, 4.69) is 31.3 Å². The van der Waals surface area contributed by atoms with E-state index in [4.69, 9.17) is 4.74 Å². The fourth-order valence-electron chi connectivity index (χ4n) is 12.0. The normalized spacial score (nSPS) is 12.6. The Kier molecular flexibility index (Phi) is 70.4. The number of ether oxygens (including phenoxy) is 1. The Hall–Kier alpha value is -1.66. The van der Waals surface area contributed by atoms with Crippen molar-refractivity contribution in [2.75, 3.05) is 13.2 Å². The maximum absolute atomic E-state index is 12.5. The van der Waals surface area contributed by atoms with E-state index in [1.54, 1.807) is 6.08 Å². The third kappa shape index (κ3) is 67.5. The molecule has 0 aromatic heterocycles. The third-order valence-corrected chi connectivity index (χ3v) is 17.7. The van der Waals surface area contributed by atoms with Crippen molar-refractivity contribution in [1.82, 2.24) is 5.32 Å². The van der Waals surface area contributed by atoms with E-state index in [-0.39, 0.29) is 18.5 Å². The zero-order valence-electron chi connectivity index (χ0n) is 55.8. The van der Waals surface area contributed by atoms with Crippen molar-refractivity contribution in [2.45, 2.75) is 437 Å². The maximum Gasteiger partial charge on any atom is 0.305 e. The van der Waals surface area contributed by atoms with E-state index in [0.29, 0.717) is 19.4 Å². The molecule has 3 N–H and O–H groups in total. The number of esters is 1. The van der Waals surface area contributed by atoms with Gasteiger partial charge in [-0.15, -0.1) is 0 Å². The van der Waals surface area contributed by atoms with E-state index in [0.717, 1.165) is 38.5 Å². The van der Waals surface area contributed by atoms with Crippen LogP contribution in [0.15, 0.2) is 24.3 Å². The van der Waals surface area contributed by atoms with Crippen molar-refractivity contribution in [1.29, 1.82) is 0 Å². The molecule has 82 heavy (non-hydrogen) atoms. The number of unbranched alkanes of at least 4 members (excludes halogenated alkanes) is 58. The number of nitrogens with one attached hydrogen (secondary N) is 1. The van der Waals surface area contributed by atoms with E-state index >= 15 is 0 Å². The Bertz CT molecular complexity index is 1280. The van der Waals surface area contributed by atoms with Crippen molar-refractivity contribution < 1.29 is 24.5 Å². The number of carbonyl (C=O) groups excluding carboxylic acids is 2. The van der Waals surface area contributed by atoms with Crippen LogP contribution in [0.1, 0.15) is 425 Å². The van der Waals surface area contributed by atoms with Gasteiger partial charge in [-0.05, 0) is 57.8 Å². The Morgan fingerprint density at radius 3 is 0.866 bits per heavy atom. The maximum atomic E-state index is 12.5. The van der Waals surface area contributed by atoms with Crippen LogP contribution >= 0.6 is 0 Å². The molecule has 1 amide bonds. The monoisotopic (exact) mass is 1150 g/mol. The largest absolute Gasteiger partial charge is 0.466 e. The average Bonchev–Trinajstić information content (AvgIpc) is 3.48. The summed E-state index contributed by atoms with van der Waals surface area (Å²) < 4.78 is 5.51. The van der Waals surface area contributed by atoms with Gasteiger partial charge in [-0.3, -0.25) is 9.59 Å². The first-order chi connectivity index (χ1) is 40.5. The van der Waals surface area contributed by atoms with Crippen molar-refractivity contribution >= 4 is 11.9 Å². The van der Waals surface area contributed by atoms with Crippen LogP contribution in [-0.4, -0.2) is 47.4 Å². The van der Waals surface area contributed by atoms with Crippen LogP contribution in [0.4, 0.5) is 0 Å². The average molecular weight is 1160 g/mol. The highest BCUT2D eigenvalue weighted by Crippen LogP contribution is 2.19. The lowest BCUT2D eigenvalue weighted by atomic mass is 10.0.